The van der Waals surface area contributed by atoms with Crippen LogP contribution in [0.2, 0.25) is 0 Å². The van der Waals surface area contributed by atoms with Crippen molar-refractivity contribution in [1.82, 2.24) is 0 Å². The van der Waals surface area contributed by atoms with Crippen molar-refractivity contribution < 1.29 is 5.11 Å². The normalized spacial score (nSPS) is 28.7. The number of rotatable bonds is 4. The Labute approximate surface area is 81.9 Å². The van der Waals surface area contributed by atoms with Gasteiger partial charge in [-0.2, -0.15) is 0 Å². The highest BCUT2D eigenvalue weighted by atomic mass is 16.3. The highest BCUT2D eigenvalue weighted by Crippen LogP contribution is 2.33. The van der Waals surface area contributed by atoms with Crippen molar-refractivity contribution in [3.05, 3.63) is 11.6 Å². The third-order valence-electron chi connectivity index (χ3n) is 2.89. The summed E-state index contributed by atoms with van der Waals surface area (Å²) in [6.45, 7) is 4.35. The van der Waals surface area contributed by atoms with Crippen molar-refractivity contribution in [2.75, 3.05) is 0 Å². The predicted molar refractivity (Wildman–Crippen MR) is 56.7 cm³/mol. The van der Waals surface area contributed by atoms with Gasteiger partial charge in [-0.25, -0.2) is 0 Å². The molecule has 1 atom stereocenters. The van der Waals surface area contributed by atoms with E-state index in [1.54, 1.807) is 0 Å². The van der Waals surface area contributed by atoms with E-state index in [9.17, 15) is 5.11 Å². The van der Waals surface area contributed by atoms with Crippen molar-refractivity contribution >= 4 is 0 Å². The molecule has 1 unspecified atom stereocenters. The van der Waals surface area contributed by atoms with Crippen molar-refractivity contribution in [1.29, 1.82) is 0 Å². The Morgan fingerprint density at radius 3 is 2.77 bits per heavy atom. The van der Waals surface area contributed by atoms with Gasteiger partial charge < -0.3 is 5.11 Å². The fraction of sp³-hybridized carbons (Fsp3) is 0.833. The van der Waals surface area contributed by atoms with Crippen LogP contribution in [0.25, 0.3) is 0 Å². The standard InChI is InChI=1S/C12H22O/c1-3-6-11-7-5-9-12(13,10-11)8-4-2/h7,13H,3-6,8-10H2,1-2H3. The lowest BCUT2D eigenvalue weighted by atomic mass is 9.80. The summed E-state index contributed by atoms with van der Waals surface area (Å²) < 4.78 is 0. The number of allylic oxidation sites excluding steroid dienone is 1. The van der Waals surface area contributed by atoms with E-state index in [-0.39, 0.29) is 5.60 Å². The molecule has 0 radical (unpaired) electrons. The Balaban J connectivity index is 2.50. The molecule has 1 aliphatic carbocycles. The van der Waals surface area contributed by atoms with Gasteiger partial charge in [0.15, 0.2) is 0 Å². The van der Waals surface area contributed by atoms with E-state index in [0.29, 0.717) is 0 Å². The van der Waals surface area contributed by atoms with Crippen LogP contribution >= 0.6 is 0 Å². The first kappa shape index (κ1) is 10.8. The number of hydrogen-bond donors (Lipinski definition) is 1. The molecule has 1 N–H and O–H groups in total. The molecular formula is C12H22O. The highest BCUT2D eigenvalue weighted by Gasteiger charge is 2.28. The van der Waals surface area contributed by atoms with Gasteiger partial charge in [0.1, 0.15) is 0 Å². The summed E-state index contributed by atoms with van der Waals surface area (Å²) in [4.78, 5) is 0. The van der Waals surface area contributed by atoms with Crippen LogP contribution in [-0.4, -0.2) is 10.7 Å². The molecule has 0 saturated heterocycles. The Morgan fingerprint density at radius 1 is 1.38 bits per heavy atom. The van der Waals surface area contributed by atoms with E-state index in [2.05, 4.69) is 19.9 Å². The molecule has 0 aromatic rings. The second-order valence-electron chi connectivity index (χ2n) is 4.30. The molecule has 1 nitrogen and oxygen atoms in total. The van der Waals surface area contributed by atoms with Crippen molar-refractivity contribution in [2.24, 2.45) is 0 Å². The molecule has 0 saturated carbocycles. The van der Waals surface area contributed by atoms with Crippen LogP contribution in [0.4, 0.5) is 0 Å². The minimum atomic E-state index is -0.367. The minimum absolute atomic E-state index is 0.367. The second-order valence-corrected chi connectivity index (χ2v) is 4.30. The summed E-state index contributed by atoms with van der Waals surface area (Å²) in [6.07, 6.45) is 9.73. The lowest BCUT2D eigenvalue weighted by molar-refractivity contribution is 0.0181. The van der Waals surface area contributed by atoms with Gasteiger partial charge in [0, 0.05) is 0 Å². The summed E-state index contributed by atoms with van der Waals surface area (Å²) in [6, 6.07) is 0. The second kappa shape index (κ2) is 4.80. The molecule has 0 aliphatic heterocycles. The first-order valence-electron chi connectivity index (χ1n) is 5.60. The molecule has 0 spiro atoms. The van der Waals surface area contributed by atoms with Crippen molar-refractivity contribution in [3.8, 4) is 0 Å². The SMILES string of the molecule is CCCC1=CCCC(O)(CCC)C1. The predicted octanol–water partition coefficient (Wildman–Crippen LogP) is 3.43. The molecule has 0 aromatic heterocycles. The fourth-order valence-corrected chi connectivity index (χ4v) is 2.32. The molecule has 0 amide bonds. The van der Waals surface area contributed by atoms with Crippen LogP contribution in [-0.2, 0) is 0 Å². The van der Waals surface area contributed by atoms with Crippen LogP contribution in [0.15, 0.2) is 11.6 Å². The third kappa shape index (κ3) is 3.15. The smallest absolute Gasteiger partial charge is 0.0687 e. The van der Waals surface area contributed by atoms with Crippen LogP contribution < -0.4 is 0 Å². The lowest BCUT2D eigenvalue weighted by Crippen LogP contribution is -2.31. The van der Waals surface area contributed by atoms with E-state index in [0.717, 1.165) is 32.1 Å². The zero-order valence-electron chi connectivity index (χ0n) is 8.97. The number of aliphatic hydroxyl groups is 1. The molecule has 1 heteroatoms. The Bertz CT molecular complexity index is 184. The minimum Gasteiger partial charge on any atom is -0.390 e. The highest BCUT2D eigenvalue weighted by molar-refractivity contribution is 5.11. The maximum Gasteiger partial charge on any atom is 0.0687 e. The molecule has 1 aliphatic rings. The van der Waals surface area contributed by atoms with Gasteiger partial charge in [-0.15, -0.1) is 0 Å². The van der Waals surface area contributed by atoms with Gasteiger partial charge in [0.05, 0.1) is 5.60 Å². The van der Waals surface area contributed by atoms with E-state index >= 15 is 0 Å². The van der Waals surface area contributed by atoms with E-state index in [1.165, 1.54) is 18.4 Å². The lowest BCUT2D eigenvalue weighted by Gasteiger charge is -2.32. The fourth-order valence-electron chi connectivity index (χ4n) is 2.32. The zero-order chi connectivity index (χ0) is 9.73. The van der Waals surface area contributed by atoms with Crippen LogP contribution in [0.1, 0.15) is 58.8 Å². The zero-order valence-corrected chi connectivity index (χ0v) is 8.97. The summed E-state index contributed by atoms with van der Waals surface area (Å²) in [5.41, 5.74) is 1.11. The van der Waals surface area contributed by atoms with E-state index in [4.69, 9.17) is 0 Å². The topological polar surface area (TPSA) is 20.2 Å². The van der Waals surface area contributed by atoms with Crippen molar-refractivity contribution in [3.63, 3.8) is 0 Å². The maximum atomic E-state index is 10.2. The maximum absolute atomic E-state index is 10.2. The van der Waals surface area contributed by atoms with Gasteiger partial charge in [0.2, 0.25) is 0 Å². The Kier molecular flexibility index (Phi) is 3.98. The summed E-state index contributed by atoms with van der Waals surface area (Å²) >= 11 is 0. The average molecular weight is 182 g/mol. The molecule has 0 bridgehead atoms. The molecule has 0 aromatic carbocycles. The molecule has 0 heterocycles. The van der Waals surface area contributed by atoms with Gasteiger partial charge in [-0.3, -0.25) is 0 Å². The Morgan fingerprint density at radius 2 is 2.15 bits per heavy atom. The van der Waals surface area contributed by atoms with Crippen LogP contribution in [0.5, 0.6) is 0 Å². The summed E-state index contributed by atoms with van der Waals surface area (Å²) in [5.74, 6) is 0. The van der Waals surface area contributed by atoms with E-state index in [1.807, 2.05) is 0 Å². The summed E-state index contributed by atoms with van der Waals surface area (Å²) in [5, 5.41) is 10.2. The Hall–Kier alpha value is -0.300. The monoisotopic (exact) mass is 182 g/mol. The first-order chi connectivity index (χ1) is 6.20. The van der Waals surface area contributed by atoms with Crippen molar-refractivity contribution in [2.45, 2.75) is 64.4 Å². The quantitative estimate of drug-likeness (QED) is 0.660. The average Bonchev–Trinajstić information content (AvgIpc) is 2.04. The summed E-state index contributed by atoms with van der Waals surface area (Å²) in [7, 11) is 0. The molecule has 13 heavy (non-hydrogen) atoms. The van der Waals surface area contributed by atoms with Crippen LogP contribution in [0, 0.1) is 0 Å². The third-order valence-corrected chi connectivity index (χ3v) is 2.89. The molecule has 0 fully saturated rings. The van der Waals surface area contributed by atoms with Gasteiger partial charge in [-0.05, 0) is 32.1 Å². The van der Waals surface area contributed by atoms with E-state index < -0.39 is 0 Å². The largest absolute Gasteiger partial charge is 0.390 e. The molecular weight excluding hydrogens is 160 g/mol. The van der Waals surface area contributed by atoms with Gasteiger partial charge >= 0.3 is 0 Å². The van der Waals surface area contributed by atoms with Crippen LogP contribution in [0.3, 0.4) is 0 Å². The van der Waals surface area contributed by atoms with Gasteiger partial charge in [0.25, 0.3) is 0 Å². The van der Waals surface area contributed by atoms with Gasteiger partial charge in [-0.1, -0.05) is 38.3 Å². The number of hydrogen-bond acceptors (Lipinski definition) is 1. The molecule has 1 rings (SSSR count). The molecule has 76 valence electrons. The first-order valence-corrected chi connectivity index (χ1v) is 5.60.